The number of methoxy groups -OCH3 is 1. The molecule has 8 heteroatoms. The number of para-hydroxylation sites is 1. The number of carbonyl (C=O) groups is 3. The van der Waals surface area contributed by atoms with Crippen molar-refractivity contribution in [2.75, 3.05) is 12.0 Å². The summed E-state index contributed by atoms with van der Waals surface area (Å²) in [6.45, 7) is 0.546. The maximum absolute atomic E-state index is 13.2. The Labute approximate surface area is 231 Å². The molecule has 0 unspecified atom stereocenters. The van der Waals surface area contributed by atoms with Crippen molar-refractivity contribution in [1.29, 1.82) is 0 Å². The molecule has 0 atom stereocenters. The summed E-state index contributed by atoms with van der Waals surface area (Å²) in [4.78, 5) is 41.5. The van der Waals surface area contributed by atoms with Crippen molar-refractivity contribution >= 4 is 35.4 Å². The van der Waals surface area contributed by atoms with Gasteiger partial charge in [0.15, 0.2) is 0 Å². The quantitative estimate of drug-likeness (QED) is 0.280. The summed E-state index contributed by atoms with van der Waals surface area (Å²) < 4.78 is 16.9. The molecule has 2 heterocycles. The second kappa shape index (κ2) is 9.30. The van der Waals surface area contributed by atoms with Gasteiger partial charge in [0.25, 0.3) is 5.79 Å². The Balaban J connectivity index is 1.14. The minimum absolute atomic E-state index is 0.0686. The van der Waals surface area contributed by atoms with E-state index in [9.17, 15) is 14.4 Å². The zero-order chi connectivity index (χ0) is 26.7. The Hall–Kier alpha value is -3.52. The largest absolute Gasteiger partial charge is 0.465 e. The average Bonchev–Trinajstić information content (AvgIpc) is 3.28. The molecule has 0 amide bonds. The third kappa shape index (κ3) is 4.07. The molecule has 1 spiro atoms. The molecule has 7 nitrogen and oxygen atoms in total. The van der Waals surface area contributed by atoms with E-state index in [0.29, 0.717) is 23.9 Å². The second-order valence-corrected chi connectivity index (χ2v) is 12.3. The van der Waals surface area contributed by atoms with Gasteiger partial charge in [-0.25, -0.2) is 14.4 Å². The van der Waals surface area contributed by atoms with Gasteiger partial charge < -0.3 is 19.1 Å². The highest BCUT2D eigenvalue weighted by molar-refractivity contribution is 8.03. The van der Waals surface area contributed by atoms with Crippen LogP contribution < -0.4 is 4.90 Å². The molecule has 4 saturated carbocycles. The molecule has 2 aromatic rings. The van der Waals surface area contributed by atoms with Gasteiger partial charge in [-0.1, -0.05) is 36.0 Å². The highest BCUT2D eigenvalue weighted by atomic mass is 32.2. The molecule has 1 saturated heterocycles. The summed E-state index contributed by atoms with van der Waals surface area (Å²) in [7, 11) is 1.36. The average molecular weight is 544 g/mol. The van der Waals surface area contributed by atoms with E-state index in [0.717, 1.165) is 46.9 Å². The molecule has 0 N–H and O–H groups in total. The first-order valence-electron chi connectivity index (χ1n) is 13.5. The number of hydrogen-bond donors (Lipinski definition) is 0. The minimum atomic E-state index is -1.08. The highest BCUT2D eigenvalue weighted by Crippen LogP contribution is 2.61. The Bertz CT molecular complexity index is 1380. The van der Waals surface area contributed by atoms with Gasteiger partial charge in [-0.3, -0.25) is 0 Å². The van der Waals surface area contributed by atoms with Crippen molar-refractivity contribution in [2.24, 2.45) is 23.7 Å². The molecule has 6 aliphatic rings. The Kier molecular flexibility index (Phi) is 5.84. The van der Waals surface area contributed by atoms with E-state index in [-0.39, 0.29) is 23.4 Å². The second-order valence-electron chi connectivity index (χ2n) is 11.2. The SMILES string of the molecule is COC(=O)c1ccc(CN2C(=CC=C3C(=O)OC4(OC3=O)C3CC5CC(C3)CC4C5)Sc3ccccc32)cc1. The first kappa shape index (κ1) is 24.5. The van der Waals surface area contributed by atoms with E-state index in [4.69, 9.17) is 14.2 Å². The molecule has 0 aromatic heterocycles. The van der Waals surface area contributed by atoms with E-state index in [2.05, 4.69) is 4.90 Å². The molecular weight excluding hydrogens is 514 g/mol. The summed E-state index contributed by atoms with van der Waals surface area (Å²) in [6, 6.07) is 15.3. The van der Waals surface area contributed by atoms with Crippen LogP contribution in [0.2, 0.25) is 0 Å². The standard InChI is InChI=1S/C31H29NO6S/c1-36-28(33)21-8-6-18(7-9-21)17-32-25-4-2-3-5-26(25)39-27(32)11-10-24-29(34)37-31(38-30(24)35)22-13-19-12-20(15-22)16-23(31)14-19/h2-11,19-20,22-23H,12-17H2,1H3. The fourth-order valence-electron chi connectivity index (χ4n) is 7.36. The fourth-order valence-corrected chi connectivity index (χ4v) is 8.42. The highest BCUT2D eigenvalue weighted by Gasteiger charge is 2.64. The number of esters is 3. The van der Waals surface area contributed by atoms with Crippen LogP contribution >= 0.6 is 11.8 Å². The lowest BCUT2D eigenvalue weighted by atomic mass is 9.53. The van der Waals surface area contributed by atoms with Crippen LogP contribution in [-0.2, 0) is 30.3 Å². The smallest absolute Gasteiger partial charge is 0.348 e. The van der Waals surface area contributed by atoms with Gasteiger partial charge in [0.2, 0.25) is 0 Å². The van der Waals surface area contributed by atoms with Crippen molar-refractivity contribution in [3.63, 3.8) is 0 Å². The number of benzene rings is 2. The number of ether oxygens (including phenoxy) is 3. The summed E-state index contributed by atoms with van der Waals surface area (Å²) in [5.74, 6) is -1.06. The van der Waals surface area contributed by atoms with Gasteiger partial charge in [-0.15, -0.1) is 0 Å². The van der Waals surface area contributed by atoms with Crippen molar-refractivity contribution < 1.29 is 28.6 Å². The van der Waals surface area contributed by atoms with E-state index in [1.54, 1.807) is 30.0 Å². The molecule has 4 aliphatic carbocycles. The first-order valence-corrected chi connectivity index (χ1v) is 14.4. The van der Waals surface area contributed by atoms with Gasteiger partial charge in [0.05, 0.1) is 23.4 Å². The number of fused-ring (bicyclic) bond motifs is 1. The summed E-state index contributed by atoms with van der Waals surface area (Å²) in [5, 5.41) is 0.872. The molecule has 0 radical (unpaired) electrons. The first-order chi connectivity index (χ1) is 18.9. The van der Waals surface area contributed by atoms with Crippen molar-refractivity contribution in [3.05, 3.63) is 82.4 Å². The number of nitrogens with zero attached hydrogens (tertiary/aromatic N) is 1. The molecule has 39 heavy (non-hydrogen) atoms. The number of thioether (sulfide) groups is 1. The Morgan fingerprint density at radius 2 is 1.59 bits per heavy atom. The van der Waals surface area contributed by atoms with Gasteiger partial charge in [-0.05, 0) is 85.9 Å². The van der Waals surface area contributed by atoms with E-state index < -0.39 is 17.7 Å². The predicted octanol–water partition coefficient (Wildman–Crippen LogP) is 5.61. The Morgan fingerprint density at radius 3 is 2.23 bits per heavy atom. The van der Waals surface area contributed by atoms with Crippen molar-refractivity contribution in [3.8, 4) is 0 Å². The van der Waals surface area contributed by atoms with Gasteiger partial charge in [-0.2, -0.15) is 0 Å². The lowest BCUT2D eigenvalue weighted by Gasteiger charge is -2.59. The van der Waals surface area contributed by atoms with E-state index in [1.165, 1.54) is 19.6 Å². The fraction of sp³-hybridized carbons (Fsp3) is 0.387. The third-order valence-electron chi connectivity index (χ3n) is 8.97. The van der Waals surface area contributed by atoms with Crippen LogP contribution in [-0.4, -0.2) is 30.8 Å². The number of carbonyl (C=O) groups excluding carboxylic acids is 3. The van der Waals surface area contributed by atoms with Crippen LogP contribution in [0, 0.1) is 23.7 Å². The van der Waals surface area contributed by atoms with Crippen LogP contribution in [0.3, 0.4) is 0 Å². The van der Waals surface area contributed by atoms with Gasteiger partial charge >= 0.3 is 17.9 Å². The summed E-state index contributed by atoms with van der Waals surface area (Å²) in [5.41, 5.74) is 2.45. The maximum atomic E-state index is 13.2. The van der Waals surface area contributed by atoms with E-state index >= 15 is 0 Å². The normalized spacial score (nSPS) is 31.4. The van der Waals surface area contributed by atoms with Crippen LogP contribution in [0.4, 0.5) is 5.69 Å². The summed E-state index contributed by atoms with van der Waals surface area (Å²) >= 11 is 1.57. The van der Waals surface area contributed by atoms with Crippen molar-refractivity contribution in [1.82, 2.24) is 0 Å². The number of allylic oxidation sites excluding steroid dienone is 2. The zero-order valence-corrected chi connectivity index (χ0v) is 22.4. The number of anilines is 1. The molecule has 8 rings (SSSR count). The summed E-state index contributed by atoms with van der Waals surface area (Å²) in [6.07, 6.45) is 8.48. The van der Waals surface area contributed by atoms with Crippen LogP contribution in [0.5, 0.6) is 0 Å². The molecule has 4 bridgehead atoms. The molecular formula is C31H29NO6S. The molecule has 5 fully saturated rings. The monoisotopic (exact) mass is 543 g/mol. The minimum Gasteiger partial charge on any atom is -0.465 e. The van der Waals surface area contributed by atoms with Crippen LogP contribution in [0.15, 0.2) is 76.2 Å². The zero-order valence-electron chi connectivity index (χ0n) is 21.6. The van der Waals surface area contributed by atoms with Gasteiger partial charge in [0.1, 0.15) is 5.57 Å². The molecule has 2 aromatic carbocycles. The predicted molar refractivity (Wildman–Crippen MR) is 144 cm³/mol. The maximum Gasteiger partial charge on any atom is 0.348 e. The third-order valence-corrected chi connectivity index (χ3v) is 10.1. The van der Waals surface area contributed by atoms with Crippen molar-refractivity contribution in [2.45, 2.75) is 49.3 Å². The number of rotatable bonds is 4. The van der Waals surface area contributed by atoms with Crippen LogP contribution in [0.1, 0.15) is 48.0 Å². The van der Waals surface area contributed by atoms with Crippen LogP contribution in [0.25, 0.3) is 0 Å². The lowest BCUT2D eigenvalue weighted by Crippen LogP contribution is -2.63. The molecule has 2 aliphatic heterocycles. The lowest BCUT2D eigenvalue weighted by molar-refractivity contribution is -0.313. The van der Waals surface area contributed by atoms with Gasteiger partial charge in [0, 0.05) is 23.3 Å². The molecule has 200 valence electrons. The topological polar surface area (TPSA) is 82.1 Å². The van der Waals surface area contributed by atoms with E-state index in [1.807, 2.05) is 36.4 Å². The number of hydrogen-bond acceptors (Lipinski definition) is 8. The Morgan fingerprint density at radius 1 is 0.949 bits per heavy atom.